The largest absolute Gasteiger partial charge is 0.379 e. The first-order chi connectivity index (χ1) is 8.36. The molecule has 1 rings (SSSR count). The van der Waals surface area contributed by atoms with Crippen molar-refractivity contribution in [3.8, 4) is 0 Å². The molecule has 1 heterocycles. The SMILES string of the molecule is CNC(=O)c1cc(NCC(F)(F)C(F)F)ccn1. The van der Waals surface area contributed by atoms with Crippen LogP contribution in [-0.4, -0.2) is 36.8 Å². The number of pyridine rings is 1. The van der Waals surface area contributed by atoms with Crippen molar-refractivity contribution in [1.29, 1.82) is 0 Å². The van der Waals surface area contributed by atoms with Crippen LogP contribution in [0.1, 0.15) is 10.5 Å². The predicted molar refractivity (Wildman–Crippen MR) is 57.1 cm³/mol. The number of hydrogen-bond acceptors (Lipinski definition) is 3. The van der Waals surface area contributed by atoms with E-state index >= 15 is 0 Å². The van der Waals surface area contributed by atoms with Crippen LogP contribution in [0.2, 0.25) is 0 Å². The molecular weight excluding hydrogens is 254 g/mol. The molecule has 1 amide bonds. The minimum atomic E-state index is -4.13. The van der Waals surface area contributed by atoms with Crippen LogP contribution in [0.25, 0.3) is 0 Å². The van der Waals surface area contributed by atoms with E-state index in [-0.39, 0.29) is 11.4 Å². The van der Waals surface area contributed by atoms with Gasteiger partial charge < -0.3 is 10.6 Å². The van der Waals surface area contributed by atoms with E-state index < -0.39 is 24.8 Å². The van der Waals surface area contributed by atoms with Crippen molar-refractivity contribution in [2.45, 2.75) is 12.3 Å². The third-order valence-corrected chi connectivity index (χ3v) is 2.07. The van der Waals surface area contributed by atoms with E-state index in [2.05, 4.69) is 15.6 Å². The van der Waals surface area contributed by atoms with Crippen molar-refractivity contribution in [3.63, 3.8) is 0 Å². The number of anilines is 1. The Morgan fingerprint density at radius 3 is 2.72 bits per heavy atom. The second kappa shape index (κ2) is 5.65. The first-order valence-electron chi connectivity index (χ1n) is 4.95. The van der Waals surface area contributed by atoms with E-state index in [1.807, 2.05) is 0 Å². The molecule has 0 aliphatic carbocycles. The molecule has 0 aliphatic rings. The Morgan fingerprint density at radius 1 is 1.50 bits per heavy atom. The van der Waals surface area contributed by atoms with Gasteiger partial charge in [0.2, 0.25) is 0 Å². The first kappa shape index (κ1) is 14.2. The van der Waals surface area contributed by atoms with E-state index in [1.54, 1.807) is 0 Å². The van der Waals surface area contributed by atoms with Crippen molar-refractivity contribution in [2.24, 2.45) is 0 Å². The number of hydrogen-bond donors (Lipinski definition) is 2. The number of nitrogens with one attached hydrogen (secondary N) is 2. The Labute approximate surface area is 100 Å². The third kappa shape index (κ3) is 3.57. The fourth-order valence-electron chi connectivity index (χ4n) is 1.09. The molecule has 2 N–H and O–H groups in total. The van der Waals surface area contributed by atoms with Gasteiger partial charge in [0.1, 0.15) is 5.69 Å². The van der Waals surface area contributed by atoms with E-state index in [0.29, 0.717) is 0 Å². The minimum absolute atomic E-state index is 0.00265. The van der Waals surface area contributed by atoms with E-state index in [1.165, 1.54) is 25.4 Å². The van der Waals surface area contributed by atoms with E-state index in [4.69, 9.17) is 0 Å². The van der Waals surface area contributed by atoms with Gasteiger partial charge in [0.15, 0.2) is 0 Å². The molecule has 4 nitrogen and oxygen atoms in total. The molecule has 0 radical (unpaired) electrons. The smallest absolute Gasteiger partial charge is 0.324 e. The van der Waals surface area contributed by atoms with Gasteiger partial charge in [-0.05, 0) is 12.1 Å². The Balaban J connectivity index is 2.72. The average Bonchev–Trinajstić information content (AvgIpc) is 2.35. The molecule has 0 atom stereocenters. The van der Waals surface area contributed by atoms with Gasteiger partial charge in [-0.25, -0.2) is 8.78 Å². The maximum Gasteiger partial charge on any atom is 0.324 e. The Morgan fingerprint density at radius 2 is 2.17 bits per heavy atom. The molecule has 0 spiro atoms. The van der Waals surface area contributed by atoms with Crippen molar-refractivity contribution in [1.82, 2.24) is 10.3 Å². The number of carbonyl (C=O) groups excluding carboxylic acids is 1. The second-order valence-electron chi connectivity index (χ2n) is 3.42. The number of alkyl halides is 4. The summed E-state index contributed by atoms with van der Waals surface area (Å²) in [5.74, 6) is -4.63. The van der Waals surface area contributed by atoms with Gasteiger partial charge in [-0.2, -0.15) is 8.78 Å². The van der Waals surface area contributed by atoms with Crippen molar-refractivity contribution in [2.75, 3.05) is 18.9 Å². The van der Waals surface area contributed by atoms with Crippen LogP contribution in [0.5, 0.6) is 0 Å². The normalized spacial score (nSPS) is 11.4. The van der Waals surface area contributed by atoms with Crippen molar-refractivity contribution in [3.05, 3.63) is 24.0 Å². The number of halogens is 4. The fourth-order valence-corrected chi connectivity index (χ4v) is 1.09. The zero-order chi connectivity index (χ0) is 13.8. The summed E-state index contributed by atoms with van der Waals surface area (Å²) in [6.45, 7) is -1.22. The molecule has 0 saturated carbocycles. The van der Waals surface area contributed by atoms with Gasteiger partial charge in [0.25, 0.3) is 5.91 Å². The highest BCUT2D eigenvalue weighted by Gasteiger charge is 2.40. The number of aromatic nitrogens is 1. The summed E-state index contributed by atoms with van der Waals surface area (Å²) in [5, 5.41) is 4.44. The second-order valence-corrected chi connectivity index (χ2v) is 3.42. The van der Waals surface area contributed by atoms with Gasteiger partial charge in [0, 0.05) is 18.9 Å². The zero-order valence-electron chi connectivity index (χ0n) is 9.38. The third-order valence-electron chi connectivity index (χ3n) is 2.07. The van der Waals surface area contributed by atoms with Gasteiger partial charge in [-0.1, -0.05) is 0 Å². The molecule has 100 valence electrons. The van der Waals surface area contributed by atoms with E-state index in [0.717, 1.165) is 0 Å². The van der Waals surface area contributed by atoms with Crippen LogP contribution >= 0.6 is 0 Å². The molecule has 18 heavy (non-hydrogen) atoms. The summed E-state index contributed by atoms with van der Waals surface area (Å²) in [6.07, 6.45) is -2.53. The highest BCUT2D eigenvalue weighted by atomic mass is 19.3. The summed E-state index contributed by atoms with van der Waals surface area (Å²) in [7, 11) is 1.38. The molecule has 1 aromatic heterocycles. The molecule has 0 saturated heterocycles. The van der Waals surface area contributed by atoms with Gasteiger partial charge in [0.05, 0.1) is 6.54 Å². The first-order valence-corrected chi connectivity index (χ1v) is 4.95. The predicted octanol–water partition coefficient (Wildman–Crippen LogP) is 1.75. The minimum Gasteiger partial charge on any atom is -0.379 e. The van der Waals surface area contributed by atoms with Crippen LogP contribution < -0.4 is 10.6 Å². The van der Waals surface area contributed by atoms with Gasteiger partial charge in [-0.15, -0.1) is 0 Å². The van der Waals surface area contributed by atoms with Crippen molar-refractivity contribution >= 4 is 11.6 Å². The van der Waals surface area contributed by atoms with Gasteiger partial charge >= 0.3 is 12.3 Å². The summed E-state index contributed by atoms with van der Waals surface area (Å²) in [5.41, 5.74) is 0.117. The lowest BCUT2D eigenvalue weighted by Gasteiger charge is -2.16. The zero-order valence-corrected chi connectivity index (χ0v) is 9.38. The topological polar surface area (TPSA) is 54.0 Å². The summed E-state index contributed by atoms with van der Waals surface area (Å²) >= 11 is 0. The molecule has 0 aromatic carbocycles. The van der Waals surface area contributed by atoms with E-state index in [9.17, 15) is 22.4 Å². The number of rotatable bonds is 5. The molecule has 0 unspecified atom stereocenters. The monoisotopic (exact) mass is 265 g/mol. The Bertz CT molecular complexity index is 425. The molecule has 8 heteroatoms. The van der Waals surface area contributed by atoms with Crippen LogP contribution in [0.3, 0.4) is 0 Å². The lowest BCUT2D eigenvalue weighted by molar-refractivity contribution is -0.117. The number of amides is 1. The summed E-state index contributed by atoms with van der Waals surface area (Å²) < 4.78 is 49.1. The van der Waals surface area contributed by atoms with Crippen molar-refractivity contribution < 1.29 is 22.4 Å². The standard InChI is InChI=1S/C10H11F4N3O/c1-15-8(18)7-4-6(2-3-16-7)17-5-10(13,14)9(11)12/h2-4,9H,5H2,1H3,(H,15,18)(H,16,17). The molecule has 0 aliphatic heterocycles. The van der Waals surface area contributed by atoms with Gasteiger partial charge in [-0.3, -0.25) is 9.78 Å². The lowest BCUT2D eigenvalue weighted by atomic mass is 10.3. The fraction of sp³-hybridized carbons (Fsp3) is 0.400. The Hall–Kier alpha value is -1.86. The molecular formula is C10H11F4N3O. The van der Waals surface area contributed by atoms with Crippen LogP contribution in [0.4, 0.5) is 23.2 Å². The summed E-state index contributed by atoms with van der Waals surface area (Å²) in [4.78, 5) is 14.9. The van der Waals surface area contributed by atoms with Crippen LogP contribution in [0.15, 0.2) is 18.3 Å². The average molecular weight is 265 g/mol. The molecule has 0 fully saturated rings. The highest BCUT2D eigenvalue weighted by Crippen LogP contribution is 2.23. The summed E-state index contributed by atoms with van der Waals surface area (Å²) in [6, 6.07) is 2.49. The maximum atomic E-state index is 12.6. The maximum absolute atomic E-state index is 12.6. The molecule has 1 aromatic rings. The molecule has 0 bridgehead atoms. The lowest BCUT2D eigenvalue weighted by Crippen LogP contribution is -2.34. The Kier molecular flexibility index (Phi) is 4.46. The van der Waals surface area contributed by atoms with Crippen LogP contribution in [-0.2, 0) is 0 Å². The quantitative estimate of drug-likeness (QED) is 0.797. The highest BCUT2D eigenvalue weighted by molar-refractivity contribution is 5.92. The number of carbonyl (C=O) groups is 1. The van der Waals surface area contributed by atoms with Crippen LogP contribution in [0, 0.1) is 0 Å². The number of nitrogens with zero attached hydrogens (tertiary/aromatic N) is 1.